The van der Waals surface area contributed by atoms with Crippen molar-refractivity contribution in [3.63, 3.8) is 0 Å². The molecule has 3 aromatic rings. The minimum Gasteiger partial charge on any atom is -0.323 e. The van der Waals surface area contributed by atoms with Gasteiger partial charge in [0.25, 0.3) is 0 Å². The Kier molecular flexibility index (Phi) is 7.72. The van der Waals surface area contributed by atoms with Gasteiger partial charge in [0.15, 0.2) is 0 Å². The zero-order valence-electron chi connectivity index (χ0n) is 18.4. The Morgan fingerprint density at radius 3 is 1.32 bits per heavy atom. The first-order valence-corrected chi connectivity index (χ1v) is 10.1. The first-order valence-electron chi connectivity index (χ1n) is 10.1. The Bertz CT molecular complexity index is 1100. The van der Waals surface area contributed by atoms with Crippen LogP contribution in [0.3, 0.4) is 0 Å². The van der Waals surface area contributed by atoms with Gasteiger partial charge in [0.1, 0.15) is 23.3 Å². The quantitative estimate of drug-likeness (QED) is 0.459. The average molecular weight is 474 g/mol. The second kappa shape index (κ2) is 10.7. The van der Waals surface area contributed by atoms with E-state index in [4.69, 9.17) is 0 Å². The number of hydrogen-bond acceptors (Lipinski definition) is 2. The number of benzene rings is 3. The van der Waals surface area contributed by atoms with Gasteiger partial charge in [0.05, 0.1) is 11.4 Å². The van der Waals surface area contributed by atoms with Crippen LogP contribution in [-0.4, -0.2) is 36.0 Å². The second-order valence-corrected chi connectivity index (χ2v) is 7.64. The Labute approximate surface area is 193 Å². The number of hydrogen-bond donors (Lipinski definition) is 2. The van der Waals surface area contributed by atoms with Crippen molar-refractivity contribution in [2.75, 3.05) is 24.7 Å². The van der Waals surface area contributed by atoms with Crippen LogP contribution >= 0.6 is 0 Å². The van der Waals surface area contributed by atoms with Gasteiger partial charge in [-0.15, -0.1) is 0 Å². The summed E-state index contributed by atoms with van der Waals surface area (Å²) in [5.74, 6) is -3.23. The van der Waals surface area contributed by atoms with Gasteiger partial charge in [-0.1, -0.05) is 24.3 Å². The van der Waals surface area contributed by atoms with Crippen LogP contribution in [0.5, 0.6) is 0 Å². The number of carbonyl (C=O) groups is 2. The van der Waals surface area contributed by atoms with E-state index in [2.05, 4.69) is 10.6 Å². The zero-order valence-corrected chi connectivity index (χ0v) is 18.4. The van der Waals surface area contributed by atoms with E-state index in [9.17, 15) is 27.2 Å². The lowest BCUT2D eigenvalue weighted by atomic mass is 10.1. The molecule has 0 radical (unpaired) electrons. The summed E-state index contributed by atoms with van der Waals surface area (Å²) < 4.78 is 53.4. The summed E-state index contributed by atoms with van der Waals surface area (Å²) in [7, 11) is 3.05. The molecule has 10 heteroatoms. The molecule has 0 aliphatic carbocycles. The number of anilines is 2. The van der Waals surface area contributed by atoms with E-state index < -0.39 is 35.3 Å². The van der Waals surface area contributed by atoms with Gasteiger partial charge >= 0.3 is 12.1 Å². The standard InChI is InChI=1S/C24H22F4N4O2/c1-31(23(33)29-21-9-7-17(25)11-19(21)27)13-15-3-5-16(6-4-15)14-32(2)24(34)30-22-10-8-18(26)12-20(22)28/h3-12H,13-14H2,1-2H3,(H,29,33)(H,30,34). The van der Waals surface area contributed by atoms with Gasteiger partial charge in [-0.2, -0.15) is 0 Å². The van der Waals surface area contributed by atoms with Crippen LogP contribution < -0.4 is 10.6 Å². The second-order valence-electron chi connectivity index (χ2n) is 7.64. The van der Waals surface area contributed by atoms with E-state index in [1.54, 1.807) is 24.3 Å². The molecular formula is C24H22F4N4O2. The van der Waals surface area contributed by atoms with Crippen molar-refractivity contribution in [3.05, 3.63) is 95.1 Å². The summed E-state index contributed by atoms with van der Waals surface area (Å²) >= 11 is 0. The molecule has 0 fully saturated rings. The van der Waals surface area contributed by atoms with Crippen LogP contribution in [0.1, 0.15) is 11.1 Å². The van der Waals surface area contributed by atoms with Gasteiger partial charge in [-0.3, -0.25) is 0 Å². The fourth-order valence-corrected chi connectivity index (χ4v) is 3.04. The van der Waals surface area contributed by atoms with Crippen molar-refractivity contribution in [2.45, 2.75) is 13.1 Å². The molecule has 6 nitrogen and oxygen atoms in total. The summed E-state index contributed by atoms with van der Waals surface area (Å²) in [6.45, 7) is 0.435. The Hall–Kier alpha value is -4.08. The third kappa shape index (κ3) is 6.47. The van der Waals surface area contributed by atoms with E-state index in [-0.39, 0.29) is 24.5 Å². The van der Waals surface area contributed by atoms with Crippen LogP contribution in [0.2, 0.25) is 0 Å². The number of amides is 4. The van der Waals surface area contributed by atoms with E-state index >= 15 is 0 Å². The molecule has 3 aromatic carbocycles. The summed E-state index contributed by atoms with van der Waals surface area (Å²) in [5.41, 5.74) is 1.30. The van der Waals surface area contributed by atoms with Crippen molar-refractivity contribution in [1.82, 2.24) is 9.80 Å². The largest absolute Gasteiger partial charge is 0.323 e. The summed E-state index contributed by atoms with van der Waals surface area (Å²) in [4.78, 5) is 27.2. The molecule has 0 aliphatic rings. The number of nitrogens with zero attached hydrogens (tertiary/aromatic N) is 2. The Morgan fingerprint density at radius 2 is 1.00 bits per heavy atom. The molecule has 0 atom stereocenters. The van der Waals surface area contributed by atoms with Gasteiger partial charge in [-0.25, -0.2) is 27.2 Å². The smallest absolute Gasteiger partial charge is 0.321 e. The molecule has 3 rings (SSSR count). The molecule has 34 heavy (non-hydrogen) atoms. The van der Waals surface area contributed by atoms with E-state index in [1.165, 1.54) is 23.9 Å². The molecule has 2 N–H and O–H groups in total. The average Bonchev–Trinajstić information content (AvgIpc) is 2.78. The molecule has 178 valence electrons. The lowest BCUT2D eigenvalue weighted by molar-refractivity contribution is 0.219. The summed E-state index contributed by atoms with van der Waals surface area (Å²) in [5, 5.41) is 4.76. The van der Waals surface area contributed by atoms with E-state index in [1.807, 2.05) is 0 Å². The van der Waals surface area contributed by atoms with Gasteiger partial charge in [0, 0.05) is 39.3 Å². The van der Waals surface area contributed by atoms with Crippen LogP contribution in [0.4, 0.5) is 38.5 Å². The van der Waals surface area contributed by atoms with Crippen molar-refractivity contribution in [2.24, 2.45) is 0 Å². The number of urea groups is 2. The minimum absolute atomic E-state index is 0.129. The molecule has 0 aliphatic heterocycles. The third-order valence-electron chi connectivity index (χ3n) is 4.90. The molecule has 0 unspecified atom stereocenters. The van der Waals surface area contributed by atoms with Crippen LogP contribution in [0, 0.1) is 23.3 Å². The van der Waals surface area contributed by atoms with Crippen molar-refractivity contribution >= 4 is 23.4 Å². The van der Waals surface area contributed by atoms with Crippen LogP contribution in [0.15, 0.2) is 60.7 Å². The van der Waals surface area contributed by atoms with E-state index in [0.717, 1.165) is 35.4 Å². The molecule has 0 spiro atoms. The van der Waals surface area contributed by atoms with Crippen molar-refractivity contribution in [1.29, 1.82) is 0 Å². The van der Waals surface area contributed by atoms with Gasteiger partial charge in [0.2, 0.25) is 0 Å². The topological polar surface area (TPSA) is 64.7 Å². The highest BCUT2D eigenvalue weighted by Gasteiger charge is 2.14. The predicted molar refractivity (Wildman–Crippen MR) is 120 cm³/mol. The first kappa shape index (κ1) is 24.6. The maximum absolute atomic E-state index is 13.7. The lowest BCUT2D eigenvalue weighted by Gasteiger charge is -2.20. The van der Waals surface area contributed by atoms with E-state index in [0.29, 0.717) is 12.1 Å². The fourth-order valence-electron chi connectivity index (χ4n) is 3.04. The molecule has 0 bridgehead atoms. The van der Waals surface area contributed by atoms with Crippen LogP contribution in [-0.2, 0) is 13.1 Å². The predicted octanol–water partition coefficient (Wildman–Crippen LogP) is 5.57. The van der Waals surface area contributed by atoms with Gasteiger partial charge in [-0.05, 0) is 35.4 Å². The highest BCUT2D eigenvalue weighted by Crippen LogP contribution is 2.17. The maximum Gasteiger partial charge on any atom is 0.321 e. The summed E-state index contributed by atoms with van der Waals surface area (Å²) in [6.07, 6.45) is 0. The monoisotopic (exact) mass is 474 g/mol. The third-order valence-corrected chi connectivity index (χ3v) is 4.90. The van der Waals surface area contributed by atoms with Crippen molar-refractivity contribution in [3.8, 4) is 0 Å². The maximum atomic E-state index is 13.7. The molecular weight excluding hydrogens is 452 g/mol. The minimum atomic E-state index is -0.874. The normalized spacial score (nSPS) is 10.5. The number of halogens is 4. The number of carbonyl (C=O) groups excluding carboxylic acids is 2. The molecule has 4 amide bonds. The lowest BCUT2D eigenvalue weighted by Crippen LogP contribution is -2.31. The molecule has 0 saturated heterocycles. The van der Waals surface area contributed by atoms with Crippen molar-refractivity contribution < 1.29 is 27.2 Å². The highest BCUT2D eigenvalue weighted by molar-refractivity contribution is 5.89. The SMILES string of the molecule is CN(Cc1ccc(CN(C)C(=O)Nc2ccc(F)cc2F)cc1)C(=O)Nc1ccc(F)cc1F. The summed E-state index contributed by atoms with van der Waals surface area (Å²) in [6, 6.07) is 11.7. The molecule has 0 aromatic heterocycles. The first-order chi connectivity index (χ1) is 16.1. The Balaban J connectivity index is 1.53. The Morgan fingerprint density at radius 1 is 0.647 bits per heavy atom. The highest BCUT2D eigenvalue weighted by atomic mass is 19.1. The van der Waals surface area contributed by atoms with Crippen LogP contribution in [0.25, 0.3) is 0 Å². The number of nitrogens with one attached hydrogen (secondary N) is 2. The molecule has 0 saturated carbocycles. The molecule has 0 heterocycles. The van der Waals surface area contributed by atoms with Gasteiger partial charge < -0.3 is 20.4 Å². The number of rotatable bonds is 6. The zero-order chi connectivity index (χ0) is 24.8. The fraction of sp³-hybridized carbons (Fsp3) is 0.167.